The first-order valence-corrected chi connectivity index (χ1v) is 12.3. The monoisotopic (exact) mass is 436 g/mol. The summed E-state index contributed by atoms with van der Waals surface area (Å²) in [4.78, 5) is 0. The predicted octanol–water partition coefficient (Wildman–Crippen LogP) is 3.93. The molecule has 0 N–H and O–H groups in total. The molecule has 0 saturated heterocycles. The van der Waals surface area contributed by atoms with E-state index in [1.807, 2.05) is 0 Å². The fourth-order valence-corrected chi connectivity index (χ4v) is 7.78. The fraction of sp³-hybridized carbons (Fsp3) is 0.333. The molecule has 1 saturated carbocycles. The summed E-state index contributed by atoms with van der Waals surface area (Å²) in [5, 5.41) is 1.28. The van der Waals surface area contributed by atoms with Crippen molar-refractivity contribution in [3.8, 4) is 0 Å². The van der Waals surface area contributed by atoms with Crippen molar-refractivity contribution in [1.82, 2.24) is 0 Å². The van der Waals surface area contributed by atoms with Gasteiger partial charge in [-0.05, 0) is 0 Å². The topological polar surface area (TPSA) is 0 Å². The van der Waals surface area contributed by atoms with E-state index in [9.17, 15) is 0 Å². The molecular weight excluding hydrogens is 410 g/mol. The molecule has 0 atom stereocenters. The molecule has 1 aliphatic rings. The summed E-state index contributed by atoms with van der Waals surface area (Å²) in [7, 11) is 0. The van der Waals surface area contributed by atoms with Crippen LogP contribution in [0.4, 0.5) is 0 Å². The third kappa shape index (κ3) is 5.97. The van der Waals surface area contributed by atoms with Gasteiger partial charge in [0.25, 0.3) is 0 Å². The van der Waals surface area contributed by atoms with Crippen molar-refractivity contribution >= 4 is 38.8 Å². The Balaban J connectivity index is 1.68. The SMILES string of the molecule is C(=C(\C[Se]c1ccccc1)[Se]c1ccccc1)/C1CCCCC1. The van der Waals surface area contributed by atoms with Crippen molar-refractivity contribution in [3.63, 3.8) is 0 Å². The zero-order valence-corrected chi connectivity index (χ0v) is 16.9. The molecular formula is C21H24Se2. The Morgan fingerprint density at radius 3 is 2.09 bits per heavy atom. The van der Waals surface area contributed by atoms with Gasteiger partial charge in [-0.1, -0.05) is 0 Å². The molecule has 0 bridgehead atoms. The number of allylic oxidation sites excluding steroid dienone is 2. The Morgan fingerprint density at radius 2 is 1.43 bits per heavy atom. The first-order valence-electron chi connectivity index (χ1n) is 8.51. The molecule has 1 aliphatic carbocycles. The Bertz CT molecular complexity index is 598. The van der Waals surface area contributed by atoms with E-state index >= 15 is 0 Å². The molecule has 0 heterocycles. The molecule has 120 valence electrons. The Hall–Kier alpha value is -0.781. The minimum atomic E-state index is 0.495. The van der Waals surface area contributed by atoms with E-state index < -0.39 is 0 Å². The van der Waals surface area contributed by atoms with Crippen LogP contribution < -0.4 is 8.92 Å². The van der Waals surface area contributed by atoms with Crippen LogP contribution in [-0.4, -0.2) is 29.9 Å². The molecule has 0 aliphatic heterocycles. The Labute approximate surface area is 153 Å². The van der Waals surface area contributed by atoms with Crippen molar-refractivity contribution in [2.24, 2.45) is 5.92 Å². The number of hydrogen-bond donors (Lipinski definition) is 0. The van der Waals surface area contributed by atoms with Gasteiger partial charge in [-0.2, -0.15) is 0 Å². The molecule has 0 aromatic heterocycles. The summed E-state index contributed by atoms with van der Waals surface area (Å²) >= 11 is 1.06. The van der Waals surface area contributed by atoms with Crippen LogP contribution in [0.2, 0.25) is 5.32 Å². The van der Waals surface area contributed by atoms with E-state index in [2.05, 4.69) is 66.7 Å². The molecule has 1 fully saturated rings. The number of hydrogen-bond acceptors (Lipinski definition) is 0. The van der Waals surface area contributed by atoms with Gasteiger partial charge in [-0.25, -0.2) is 0 Å². The Kier molecular flexibility index (Phi) is 7.04. The van der Waals surface area contributed by atoms with Gasteiger partial charge >= 0.3 is 153 Å². The van der Waals surface area contributed by atoms with Crippen molar-refractivity contribution in [2.75, 3.05) is 0 Å². The van der Waals surface area contributed by atoms with E-state index in [1.165, 1.54) is 46.3 Å². The molecule has 0 unspecified atom stereocenters. The van der Waals surface area contributed by atoms with Gasteiger partial charge in [0.15, 0.2) is 0 Å². The third-order valence-electron chi connectivity index (χ3n) is 4.19. The van der Waals surface area contributed by atoms with Crippen molar-refractivity contribution in [1.29, 1.82) is 0 Å². The molecule has 0 amide bonds. The zero-order chi connectivity index (χ0) is 15.7. The molecule has 2 heteroatoms. The van der Waals surface area contributed by atoms with Crippen LogP contribution in [0.3, 0.4) is 0 Å². The van der Waals surface area contributed by atoms with Crippen LogP contribution in [0.15, 0.2) is 71.2 Å². The Morgan fingerprint density at radius 1 is 0.826 bits per heavy atom. The van der Waals surface area contributed by atoms with Crippen LogP contribution in [0.1, 0.15) is 32.1 Å². The molecule has 2 aromatic rings. The maximum absolute atomic E-state index is 2.66. The second-order valence-corrected chi connectivity index (χ2v) is 10.8. The second kappa shape index (κ2) is 9.50. The zero-order valence-electron chi connectivity index (χ0n) is 13.5. The van der Waals surface area contributed by atoms with E-state index in [0.29, 0.717) is 29.9 Å². The molecule has 0 spiro atoms. The fourth-order valence-electron chi connectivity index (χ4n) is 2.99. The second-order valence-electron chi connectivity index (χ2n) is 6.05. The van der Waals surface area contributed by atoms with Crippen LogP contribution >= 0.6 is 0 Å². The van der Waals surface area contributed by atoms with Gasteiger partial charge in [-0.15, -0.1) is 0 Å². The average molecular weight is 434 g/mol. The number of rotatable bonds is 6. The van der Waals surface area contributed by atoms with Crippen LogP contribution in [-0.2, 0) is 0 Å². The summed E-state index contributed by atoms with van der Waals surface area (Å²) in [6.45, 7) is 0. The first-order chi connectivity index (χ1) is 11.4. The van der Waals surface area contributed by atoms with E-state index in [0.717, 1.165) is 5.92 Å². The summed E-state index contributed by atoms with van der Waals surface area (Å²) in [6, 6.07) is 22.1. The van der Waals surface area contributed by atoms with Crippen molar-refractivity contribution in [2.45, 2.75) is 37.4 Å². The van der Waals surface area contributed by atoms with Crippen LogP contribution in [0.25, 0.3) is 0 Å². The standard InChI is InChI=1S/C21H24Se2/c1-4-10-18(11-5-1)16-21(23-20-14-8-3-9-15-20)17-22-19-12-6-2-7-13-19/h2-3,6-9,12-16,18H,1,4-5,10-11,17H2/b21-16-. The van der Waals surface area contributed by atoms with E-state index in [4.69, 9.17) is 0 Å². The molecule has 0 nitrogen and oxygen atoms in total. The van der Waals surface area contributed by atoms with Gasteiger partial charge in [0, 0.05) is 0 Å². The first kappa shape index (κ1) is 17.1. The molecule has 3 rings (SSSR count). The molecule has 2 aromatic carbocycles. The summed E-state index contributed by atoms with van der Waals surface area (Å²) in [5.41, 5.74) is 0. The van der Waals surface area contributed by atoms with Crippen molar-refractivity contribution < 1.29 is 0 Å². The van der Waals surface area contributed by atoms with Gasteiger partial charge < -0.3 is 0 Å². The van der Waals surface area contributed by atoms with Crippen molar-refractivity contribution in [3.05, 3.63) is 71.2 Å². The summed E-state index contributed by atoms with van der Waals surface area (Å²) in [6.07, 6.45) is 9.78. The number of benzene rings is 2. The van der Waals surface area contributed by atoms with Gasteiger partial charge in [0.2, 0.25) is 0 Å². The quantitative estimate of drug-likeness (QED) is 0.605. The summed E-state index contributed by atoms with van der Waals surface area (Å²) < 4.78 is 4.77. The third-order valence-corrected chi connectivity index (χ3v) is 9.54. The van der Waals surface area contributed by atoms with E-state index in [1.54, 1.807) is 4.47 Å². The predicted molar refractivity (Wildman–Crippen MR) is 103 cm³/mol. The van der Waals surface area contributed by atoms with E-state index in [-0.39, 0.29) is 0 Å². The van der Waals surface area contributed by atoms with Gasteiger partial charge in [-0.3, -0.25) is 0 Å². The van der Waals surface area contributed by atoms with Gasteiger partial charge in [0.05, 0.1) is 0 Å². The minimum absolute atomic E-state index is 0.495. The molecule has 23 heavy (non-hydrogen) atoms. The van der Waals surface area contributed by atoms with Crippen LogP contribution in [0.5, 0.6) is 0 Å². The van der Waals surface area contributed by atoms with Gasteiger partial charge in [0.1, 0.15) is 0 Å². The summed E-state index contributed by atoms with van der Waals surface area (Å²) in [5.74, 6) is 0.843. The van der Waals surface area contributed by atoms with Crippen LogP contribution in [0, 0.1) is 5.92 Å². The normalized spacial score (nSPS) is 16.4. The maximum atomic E-state index is 2.66. The molecule has 0 radical (unpaired) electrons. The average Bonchev–Trinajstić information content (AvgIpc) is 2.62.